The second kappa shape index (κ2) is 9.44. The number of amides is 1. The van der Waals surface area contributed by atoms with E-state index in [9.17, 15) is 9.59 Å². The number of hydrogen-bond acceptors (Lipinski definition) is 5. The van der Waals surface area contributed by atoms with Crippen molar-refractivity contribution in [2.24, 2.45) is 5.92 Å². The van der Waals surface area contributed by atoms with Crippen LogP contribution in [0.4, 0.5) is 5.69 Å². The van der Waals surface area contributed by atoms with Gasteiger partial charge in [-0.2, -0.15) is 0 Å². The third kappa shape index (κ3) is 5.15. The lowest BCUT2D eigenvalue weighted by Crippen LogP contribution is -2.46. The summed E-state index contributed by atoms with van der Waals surface area (Å²) in [6, 6.07) is 10.9. The molecular formula is C22H28N2O4. The van der Waals surface area contributed by atoms with Gasteiger partial charge in [0.1, 0.15) is 5.76 Å². The van der Waals surface area contributed by atoms with Gasteiger partial charge in [0.25, 0.3) is 5.91 Å². The van der Waals surface area contributed by atoms with E-state index in [4.69, 9.17) is 9.15 Å². The number of furan rings is 1. The average Bonchev–Trinajstić information content (AvgIpc) is 3.22. The highest BCUT2D eigenvalue weighted by molar-refractivity contribution is 5.97. The summed E-state index contributed by atoms with van der Waals surface area (Å²) in [6.45, 7) is 4.22. The Morgan fingerprint density at radius 3 is 2.71 bits per heavy atom. The second-order valence-electron chi connectivity index (χ2n) is 7.40. The minimum Gasteiger partial charge on any atom is -0.467 e. The number of hydrogen-bond donors (Lipinski definition) is 2. The van der Waals surface area contributed by atoms with Crippen molar-refractivity contribution in [2.45, 2.75) is 58.2 Å². The van der Waals surface area contributed by atoms with Gasteiger partial charge in [-0.3, -0.25) is 4.79 Å². The molecule has 1 aromatic heterocycles. The number of benzene rings is 1. The molecule has 3 atom stereocenters. The highest BCUT2D eigenvalue weighted by Crippen LogP contribution is 2.24. The first kappa shape index (κ1) is 20.0. The van der Waals surface area contributed by atoms with Crippen molar-refractivity contribution in [3.05, 3.63) is 54.0 Å². The van der Waals surface area contributed by atoms with Crippen LogP contribution in [0.25, 0.3) is 0 Å². The van der Waals surface area contributed by atoms with Gasteiger partial charge in [0.15, 0.2) is 6.10 Å². The lowest BCUT2D eigenvalue weighted by Gasteiger charge is -2.30. The zero-order chi connectivity index (χ0) is 19.9. The molecule has 150 valence electrons. The number of anilines is 1. The first-order valence-corrected chi connectivity index (χ1v) is 9.91. The number of carbonyl (C=O) groups excluding carboxylic acids is 2. The monoisotopic (exact) mass is 384 g/mol. The van der Waals surface area contributed by atoms with Crippen molar-refractivity contribution in [3.63, 3.8) is 0 Å². The van der Waals surface area contributed by atoms with E-state index in [0.717, 1.165) is 25.0 Å². The van der Waals surface area contributed by atoms with E-state index in [0.29, 0.717) is 23.7 Å². The van der Waals surface area contributed by atoms with Crippen molar-refractivity contribution >= 4 is 17.6 Å². The first-order chi connectivity index (χ1) is 13.5. The summed E-state index contributed by atoms with van der Waals surface area (Å²) in [5, 5.41) is 6.21. The Kier molecular flexibility index (Phi) is 6.74. The summed E-state index contributed by atoms with van der Waals surface area (Å²) in [4.78, 5) is 25.1. The molecule has 6 nitrogen and oxygen atoms in total. The molecule has 0 radical (unpaired) electrons. The van der Waals surface area contributed by atoms with E-state index in [2.05, 4.69) is 17.6 Å². The predicted octanol–water partition coefficient (Wildman–Crippen LogP) is 4.13. The van der Waals surface area contributed by atoms with E-state index in [1.165, 1.54) is 6.42 Å². The van der Waals surface area contributed by atoms with Crippen LogP contribution in [0.5, 0.6) is 0 Å². The van der Waals surface area contributed by atoms with Gasteiger partial charge in [0.05, 0.1) is 18.4 Å². The summed E-state index contributed by atoms with van der Waals surface area (Å²) >= 11 is 0. The molecule has 1 heterocycles. The maximum atomic E-state index is 12.6. The van der Waals surface area contributed by atoms with Crippen molar-refractivity contribution in [2.75, 3.05) is 5.32 Å². The van der Waals surface area contributed by atoms with E-state index in [1.807, 2.05) is 18.2 Å². The molecule has 2 N–H and O–H groups in total. The van der Waals surface area contributed by atoms with Crippen LogP contribution in [-0.4, -0.2) is 24.0 Å². The average molecular weight is 384 g/mol. The van der Waals surface area contributed by atoms with Gasteiger partial charge < -0.3 is 19.8 Å². The Morgan fingerprint density at radius 2 is 1.96 bits per heavy atom. The molecule has 28 heavy (non-hydrogen) atoms. The van der Waals surface area contributed by atoms with Gasteiger partial charge in [-0.25, -0.2) is 4.79 Å². The fraction of sp³-hybridized carbons (Fsp3) is 0.455. The molecule has 1 aliphatic rings. The lowest BCUT2D eigenvalue weighted by molar-refractivity contribution is -0.130. The third-order valence-electron chi connectivity index (χ3n) is 5.27. The van der Waals surface area contributed by atoms with Crippen molar-refractivity contribution in [3.8, 4) is 0 Å². The van der Waals surface area contributed by atoms with E-state index < -0.39 is 12.1 Å². The highest BCUT2D eigenvalue weighted by atomic mass is 16.5. The Labute approximate surface area is 165 Å². The van der Waals surface area contributed by atoms with Gasteiger partial charge in [-0.05, 0) is 49.9 Å². The lowest BCUT2D eigenvalue weighted by atomic mass is 9.86. The minimum absolute atomic E-state index is 0.157. The van der Waals surface area contributed by atoms with Crippen LogP contribution in [0.15, 0.2) is 47.1 Å². The fourth-order valence-corrected chi connectivity index (χ4v) is 3.52. The SMILES string of the molecule is C[C@@H]1CCCC[C@H]1NC(=O)[C@@H](C)OC(=O)c1ccccc1NCc1ccco1. The molecule has 1 fully saturated rings. The van der Waals surface area contributed by atoms with Crippen molar-refractivity contribution < 1.29 is 18.7 Å². The van der Waals surface area contributed by atoms with Crippen LogP contribution in [0, 0.1) is 5.92 Å². The van der Waals surface area contributed by atoms with E-state index in [1.54, 1.807) is 31.4 Å². The normalized spacial score (nSPS) is 20.2. The number of esters is 1. The number of carbonyl (C=O) groups is 2. The zero-order valence-electron chi connectivity index (χ0n) is 16.4. The summed E-state index contributed by atoms with van der Waals surface area (Å²) in [5.41, 5.74) is 1.03. The Balaban J connectivity index is 1.58. The van der Waals surface area contributed by atoms with E-state index in [-0.39, 0.29) is 11.9 Å². The van der Waals surface area contributed by atoms with Crippen LogP contribution in [0.2, 0.25) is 0 Å². The second-order valence-corrected chi connectivity index (χ2v) is 7.40. The van der Waals surface area contributed by atoms with Crippen molar-refractivity contribution in [1.29, 1.82) is 0 Å². The van der Waals surface area contributed by atoms with Crippen LogP contribution < -0.4 is 10.6 Å². The smallest absolute Gasteiger partial charge is 0.341 e. The Hall–Kier alpha value is -2.76. The molecule has 1 aliphatic carbocycles. The van der Waals surface area contributed by atoms with Crippen molar-refractivity contribution in [1.82, 2.24) is 5.32 Å². The third-order valence-corrected chi connectivity index (χ3v) is 5.27. The molecule has 0 aliphatic heterocycles. The zero-order valence-corrected chi connectivity index (χ0v) is 16.4. The minimum atomic E-state index is -0.847. The fourth-order valence-electron chi connectivity index (χ4n) is 3.52. The van der Waals surface area contributed by atoms with Crippen LogP contribution >= 0.6 is 0 Å². The molecule has 6 heteroatoms. The highest BCUT2D eigenvalue weighted by Gasteiger charge is 2.27. The maximum absolute atomic E-state index is 12.6. The largest absolute Gasteiger partial charge is 0.467 e. The summed E-state index contributed by atoms with van der Waals surface area (Å²) in [5.74, 6) is 0.444. The summed E-state index contributed by atoms with van der Waals surface area (Å²) < 4.78 is 10.7. The molecule has 1 aromatic carbocycles. The topological polar surface area (TPSA) is 80.6 Å². The molecule has 2 aromatic rings. The number of para-hydroxylation sites is 1. The maximum Gasteiger partial charge on any atom is 0.341 e. The molecule has 0 unspecified atom stereocenters. The van der Waals surface area contributed by atoms with Crippen LogP contribution in [0.1, 0.15) is 55.6 Å². The standard InChI is InChI=1S/C22H28N2O4/c1-15-8-3-5-11-19(15)24-21(25)16(2)28-22(26)18-10-4-6-12-20(18)23-14-17-9-7-13-27-17/h4,6-7,9-10,12-13,15-16,19,23H,3,5,8,11,14H2,1-2H3,(H,24,25)/t15-,16-,19-/m1/s1. The van der Waals surface area contributed by atoms with Gasteiger partial charge in [0.2, 0.25) is 0 Å². The van der Waals surface area contributed by atoms with E-state index >= 15 is 0 Å². The quantitative estimate of drug-likeness (QED) is 0.702. The molecule has 1 saturated carbocycles. The number of rotatable bonds is 7. The summed E-state index contributed by atoms with van der Waals surface area (Å²) in [7, 11) is 0. The number of nitrogens with one attached hydrogen (secondary N) is 2. The number of ether oxygens (including phenoxy) is 1. The molecule has 0 spiro atoms. The van der Waals surface area contributed by atoms with Gasteiger partial charge in [0, 0.05) is 11.7 Å². The van der Waals surface area contributed by atoms with Gasteiger partial charge in [-0.15, -0.1) is 0 Å². The molecule has 3 rings (SSSR count). The Bertz CT molecular complexity index is 788. The molecule has 0 saturated heterocycles. The predicted molar refractivity (Wildman–Crippen MR) is 107 cm³/mol. The molecular weight excluding hydrogens is 356 g/mol. The summed E-state index contributed by atoms with van der Waals surface area (Å²) in [6.07, 6.45) is 5.18. The van der Waals surface area contributed by atoms with Crippen LogP contribution in [-0.2, 0) is 16.1 Å². The molecule has 1 amide bonds. The molecule has 0 bridgehead atoms. The van der Waals surface area contributed by atoms with Gasteiger partial charge >= 0.3 is 5.97 Å². The van der Waals surface area contributed by atoms with Gasteiger partial charge in [-0.1, -0.05) is 31.9 Å². The first-order valence-electron chi connectivity index (χ1n) is 9.91. The van der Waals surface area contributed by atoms with Crippen LogP contribution in [0.3, 0.4) is 0 Å². The Morgan fingerprint density at radius 1 is 1.18 bits per heavy atom.